The zero-order chi connectivity index (χ0) is 20.5. The number of halogens is 1. The second-order valence-corrected chi connectivity index (χ2v) is 7.74. The van der Waals surface area contributed by atoms with Gasteiger partial charge in [0.25, 0.3) is 5.78 Å². The van der Waals surface area contributed by atoms with Crippen LogP contribution in [-0.4, -0.2) is 48.6 Å². The van der Waals surface area contributed by atoms with Crippen LogP contribution in [0.4, 0.5) is 11.9 Å². The van der Waals surface area contributed by atoms with E-state index in [1.165, 1.54) is 10.1 Å². The summed E-state index contributed by atoms with van der Waals surface area (Å²) >= 11 is 6.13. The van der Waals surface area contributed by atoms with Crippen molar-refractivity contribution in [3.8, 4) is 11.6 Å². The molecule has 5 rings (SSSR count). The lowest BCUT2D eigenvalue weighted by molar-refractivity contribution is 0.254. The topological polar surface area (TPSA) is 110 Å². The van der Waals surface area contributed by atoms with Gasteiger partial charge in [-0.15, -0.1) is 5.10 Å². The predicted molar refractivity (Wildman–Crippen MR) is 114 cm³/mol. The Hall–Kier alpha value is -3.17. The molecule has 1 atom stereocenters. The Labute approximate surface area is 177 Å². The maximum atomic E-state index is 6.13. The summed E-state index contributed by atoms with van der Waals surface area (Å²) in [7, 11) is 0. The fourth-order valence-corrected chi connectivity index (χ4v) is 4.02. The fraction of sp³-hybridized carbons (Fsp3) is 0.300. The smallest absolute Gasteiger partial charge is 0.259 e. The lowest BCUT2D eigenvalue weighted by Gasteiger charge is -2.24. The zero-order valence-electron chi connectivity index (χ0n) is 16.2. The van der Waals surface area contributed by atoms with E-state index in [0.717, 1.165) is 37.5 Å². The maximum absolute atomic E-state index is 6.13. The van der Waals surface area contributed by atoms with Gasteiger partial charge in [-0.05, 0) is 49.2 Å². The summed E-state index contributed by atoms with van der Waals surface area (Å²) in [5.74, 6) is 2.00. The van der Waals surface area contributed by atoms with Gasteiger partial charge in [-0.3, -0.25) is 4.90 Å². The van der Waals surface area contributed by atoms with Gasteiger partial charge in [-0.25, -0.2) is 0 Å². The molecule has 0 aliphatic carbocycles. The van der Waals surface area contributed by atoms with Crippen molar-refractivity contribution in [2.24, 2.45) is 0 Å². The molecule has 0 spiro atoms. The third kappa shape index (κ3) is 3.81. The van der Waals surface area contributed by atoms with Crippen LogP contribution in [0.2, 0.25) is 5.02 Å². The number of fused-ring (bicyclic) bond motifs is 1. The largest absolute Gasteiger partial charge is 0.461 e. The number of nitrogen functional groups attached to an aromatic ring is 1. The average molecular weight is 425 g/mol. The van der Waals surface area contributed by atoms with Gasteiger partial charge in [0.2, 0.25) is 17.7 Å². The normalized spacial score (nSPS) is 17.0. The van der Waals surface area contributed by atoms with Gasteiger partial charge >= 0.3 is 0 Å². The number of furan rings is 1. The minimum Gasteiger partial charge on any atom is -0.461 e. The molecular weight excluding hydrogens is 404 g/mol. The summed E-state index contributed by atoms with van der Waals surface area (Å²) in [6, 6.07) is 11.9. The molecule has 0 saturated carbocycles. The number of likely N-dealkylation sites (tertiary alicyclic amines) is 1. The molecule has 1 aromatic carbocycles. The SMILES string of the molecule is Nc1nc(NCC2CCCN2Cc2cccc(Cl)c2)nc2nc(-c3ccco3)nn12. The summed E-state index contributed by atoms with van der Waals surface area (Å²) in [6.07, 6.45) is 3.84. The van der Waals surface area contributed by atoms with Gasteiger partial charge in [0.15, 0.2) is 5.76 Å². The van der Waals surface area contributed by atoms with E-state index >= 15 is 0 Å². The summed E-state index contributed by atoms with van der Waals surface area (Å²) in [5.41, 5.74) is 7.28. The summed E-state index contributed by atoms with van der Waals surface area (Å²) in [5, 5.41) is 8.40. The van der Waals surface area contributed by atoms with Crippen molar-refractivity contribution in [2.75, 3.05) is 24.1 Å². The maximum Gasteiger partial charge on any atom is 0.259 e. The van der Waals surface area contributed by atoms with Crippen LogP contribution in [0, 0.1) is 0 Å². The molecular formula is C20H21ClN8O. The van der Waals surface area contributed by atoms with Crippen LogP contribution in [0.15, 0.2) is 47.1 Å². The molecule has 1 aliphatic heterocycles. The van der Waals surface area contributed by atoms with Crippen LogP contribution in [-0.2, 0) is 6.54 Å². The Morgan fingerprint density at radius 1 is 1.20 bits per heavy atom. The van der Waals surface area contributed by atoms with Gasteiger partial charge in [0.05, 0.1) is 6.26 Å². The second kappa shape index (κ2) is 7.92. The van der Waals surface area contributed by atoms with E-state index in [1.807, 2.05) is 18.2 Å². The van der Waals surface area contributed by atoms with Crippen LogP contribution in [0.1, 0.15) is 18.4 Å². The van der Waals surface area contributed by atoms with E-state index in [9.17, 15) is 0 Å². The quantitative estimate of drug-likeness (QED) is 0.485. The lowest BCUT2D eigenvalue weighted by Crippen LogP contribution is -2.34. The Morgan fingerprint density at radius 2 is 2.13 bits per heavy atom. The van der Waals surface area contributed by atoms with Crippen LogP contribution < -0.4 is 11.1 Å². The molecule has 1 unspecified atom stereocenters. The van der Waals surface area contributed by atoms with Crippen molar-refractivity contribution >= 4 is 29.3 Å². The van der Waals surface area contributed by atoms with E-state index in [0.29, 0.717) is 29.4 Å². The first-order valence-corrected chi connectivity index (χ1v) is 10.2. The number of hydrogen-bond acceptors (Lipinski definition) is 8. The molecule has 4 heterocycles. The number of nitrogens with zero attached hydrogens (tertiary/aromatic N) is 6. The highest BCUT2D eigenvalue weighted by Gasteiger charge is 2.25. The number of benzene rings is 1. The molecule has 4 aromatic rings. The van der Waals surface area contributed by atoms with E-state index in [2.05, 4.69) is 36.3 Å². The monoisotopic (exact) mass is 424 g/mol. The molecule has 1 saturated heterocycles. The molecule has 9 nitrogen and oxygen atoms in total. The summed E-state index contributed by atoms with van der Waals surface area (Å²) in [6.45, 7) is 2.64. The lowest BCUT2D eigenvalue weighted by atomic mass is 10.2. The first-order valence-electron chi connectivity index (χ1n) is 9.82. The van der Waals surface area contributed by atoms with Crippen molar-refractivity contribution in [2.45, 2.75) is 25.4 Å². The van der Waals surface area contributed by atoms with Crippen molar-refractivity contribution in [1.82, 2.24) is 29.5 Å². The standard InChI is InChI=1S/C20H21ClN8O/c21-14-5-1-4-13(10-14)12-28-8-2-6-15(28)11-23-19-25-18(22)29-20(26-19)24-17(27-29)16-7-3-9-30-16/h1,3-5,7,9-10,15H,2,6,8,11-12H2,(H3,22,23,24,25,26,27). The Morgan fingerprint density at radius 3 is 2.97 bits per heavy atom. The highest BCUT2D eigenvalue weighted by atomic mass is 35.5. The highest BCUT2D eigenvalue weighted by Crippen LogP contribution is 2.22. The minimum atomic E-state index is 0.218. The first kappa shape index (κ1) is 18.8. The first-order chi connectivity index (χ1) is 14.7. The minimum absolute atomic E-state index is 0.218. The number of rotatable bonds is 6. The number of nitrogens with one attached hydrogen (secondary N) is 1. The Kier molecular flexibility index (Phi) is 4.97. The molecule has 0 bridgehead atoms. The molecule has 0 radical (unpaired) electrons. The third-order valence-electron chi connectivity index (χ3n) is 5.24. The van der Waals surface area contributed by atoms with Crippen LogP contribution in [0.3, 0.4) is 0 Å². The molecule has 154 valence electrons. The van der Waals surface area contributed by atoms with E-state index in [4.69, 9.17) is 21.8 Å². The van der Waals surface area contributed by atoms with Gasteiger partial charge in [0, 0.05) is 24.2 Å². The predicted octanol–water partition coefficient (Wildman–Crippen LogP) is 3.09. The Bertz CT molecular complexity index is 1160. The molecule has 30 heavy (non-hydrogen) atoms. The van der Waals surface area contributed by atoms with Crippen molar-refractivity contribution in [3.63, 3.8) is 0 Å². The van der Waals surface area contributed by atoms with Gasteiger partial charge in [0.1, 0.15) is 0 Å². The van der Waals surface area contributed by atoms with E-state index in [-0.39, 0.29) is 5.95 Å². The molecule has 10 heteroatoms. The average Bonchev–Trinajstić information content (AvgIpc) is 3.47. The number of hydrogen-bond donors (Lipinski definition) is 2. The van der Waals surface area contributed by atoms with Crippen molar-refractivity contribution in [3.05, 3.63) is 53.2 Å². The van der Waals surface area contributed by atoms with E-state index < -0.39 is 0 Å². The van der Waals surface area contributed by atoms with Gasteiger partial charge < -0.3 is 15.5 Å². The van der Waals surface area contributed by atoms with Gasteiger partial charge in [-0.2, -0.15) is 19.5 Å². The number of anilines is 2. The number of nitrogens with two attached hydrogens (primary N) is 1. The molecule has 1 aliphatic rings. The van der Waals surface area contributed by atoms with Crippen LogP contribution in [0.25, 0.3) is 17.4 Å². The van der Waals surface area contributed by atoms with Crippen LogP contribution >= 0.6 is 11.6 Å². The van der Waals surface area contributed by atoms with E-state index in [1.54, 1.807) is 18.4 Å². The zero-order valence-corrected chi connectivity index (χ0v) is 17.0. The molecule has 3 N–H and O–H groups in total. The molecule has 1 fully saturated rings. The number of aromatic nitrogens is 5. The molecule has 3 aromatic heterocycles. The third-order valence-corrected chi connectivity index (χ3v) is 5.48. The summed E-state index contributed by atoms with van der Waals surface area (Å²) < 4.78 is 6.75. The highest BCUT2D eigenvalue weighted by molar-refractivity contribution is 6.30. The fourth-order valence-electron chi connectivity index (χ4n) is 3.81. The molecule has 0 amide bonds. The van der Waals surface area contributed by atoms with Crippen molar-refractivity contribution in [1.29, 1.82) is 0 Å². The van der Waals surface area contributed by atoms with Gasteiger partial charge in [-0.1, -0.05) is 23.7 Å². The van der Waals surface area contributed by atoms with Crippen LogP contribution in [0.5, 0.6) is 0 Å². The summed E-state index contributed by atoms with van der Waals surface area (Å²) in [4.78, 5) is 15.6. The second-order valence-electron chi connectivity index (χ2n) is 7.31. The van der Waals surface area contributed by atoms with Crippen molar-refractivity contribution < 1.29 is 4.42 Å². The Balaban J connectivity index is 1.29.